The van der Waals surface area contributed by atoms with Crippen molar-refractivity contribution in [1.29, 1.82) is 0 Å². The van der Waals surface area contributed by atoms with Gasteiger partial charge in [0.2, 0.25) is 0 Å². The normalized spacial score (nSPS) is 53.0. The Bertz CT molecular complexity index is 630. The molecule has 0 radical (unpaired) electrons. The van der Waals surface area contributed by atoms with E-state index in [1.165, 1.54) is 6.92 Å². The number of ether oxygens (including phenoxy) is 1. The Balaban J connectivity index is 1.71. The molecular formula is C22H34O4. The van der Waals surface area contributed by atoms with E-state index in [0.29, 0.717) is 24.2 Å². The maximum atomic E-state index is 13.3. The molecule has 0 aliphatic heterocycles. The van der Waals surface area contributed by atoms with E-state index in [1.54, 1.807) is 0 Å². The number of hydrogen-bond acceptors (Lipinski definition) is 4. The zero-order valence-corrected chi connectivity index (χ0v) is 16.7. The van der Waals surface area contributed by atoms with Crippen molar-refractivity contribution in [3.8, 4) is 0 Å². The monoisotopic (exact) mass is 362 g/mol. The average molecular weight is 363 g/mol. The molecular weight excluding hydrogens is 328 g/mol. The van der Waals surface area contributed by atoms with E-state index in [9.17, 15) is 14.7 Å². The van der Waals surface area contributed by atoms with Crippen LogP contribution in [0.5, 0.6) is 0 Å². The summed E-state index contributed by atoms with van der Waals surface area (Å²) < 4.78 is 5.48. The summed E-state index contributed by atoms with van der Waals surface area (Å²) in [6, 6.07) is 0. The summed E-state index contributed by atoms with van der Waals surface area (Å²) in [6.07, 6.45) is 6.51. The lowest BCUT2D eigenvalue weighted by Gasteiger charge is -2.68. The summed E-state index contributed by atoms with van der Waals surface area (Å²) in [7, 11) is 0. The lowest BCUT2D eigenvalue weighted by molar-refractivity contribution is -0.228. The lowest BCUT2D eigenvalue weighted by Crippen LogP contribution is -2.69. The highest BCUT2D eigenvalue weighted by Gasteiger charge is 2.70. The number of ketones is 1. The largest absolute Gasteiger partial charge is 0.465 e. The second kappa shape index (κ2) is 5.80. The molecule has 0 aromatic rings. The van der Waals surface area contributed by atoms with Gasteiger partial charge in [-0.05, 0) is 61.7 Å². The minimum atomic E-state index is -0.515. The molecule has 0 amide bonds. The summed E-state index contributed by atoms with van der Waals surface area (Å²) in [4.78, 5) is 24.7. The first kappa shape index (κ1) is 18.5. The molecule has 1 N–H and O–H groups in total. The van der Waals surface area contributed by atoms with Gasteiger partial charge in [-0.15, -0.1) is 0 Å². The van der Waals surface area contributed by atoms with Crippen LogP contribution in [0.4, 0.5) is 0 Å². The van der Waals surface area contributed by atoms with E-state index in [1.807, 2.05) is 0 Å². The zero-order chi connectivity index (χ0) is 18.9. The van der Waals surface area contributed by atoms with Gasteiger partial charge >= 0.3 is 5.97 Å². The number of rotatable bonds is 2. The fourth-order valence-corrected chi connectivity index (χ4v) is 7.98. The maximum Gasteiger partial charge on any atom is 0.302 e. The minimum absolute atomic E-state index is 0.0173. The number of esters is 1. The molecule has 8 atom stereocenters. The van der Waals surface area contributed by atoms with Gasteiger partial charge in [0.25, 0.3) is 0 Å². The third-order valence-electron chi connectivity index (χ3n) is 9.21. The van der Waals surface area contributed by atoms with Crippen molar-refractivity contribution in [2.24, 2.45) is 39.9 Å². The number of aliphatic hydroxyl groups is 1. The van der Waals surface area contributed by atoms with E-state index in [4.69, 9.17) is 4.74 Å². The number of carbonyl (C=O) groups excluding carboxylic acids is 2. The molecule has 5 aliphatic rings. The Kier molecular flexibility index (Phi) is 4.12. The molecule has 1 unspecified atom stereocenters. The van der Waals surface area contributed by atoms with E-state index < -0.39 is 11.5 Å². The molecule has 1 spiro atoms. The van der Waals surface area contributed by atoms with E-state index in [0.717, 1.165) is 44.9 Å². The van der Waals surface area contributed by atoms with Crippen LogP contribution >= 0.6 is 0 Å². The van der Waals surface area contributed by atoms with Gasteiger partial charge in [0, 0.05) is 18.3 Å². The third-order valence-corrected chi connectivity index (χ3v) is 9.21. The maximum absolute atomic E-state index is 13.3. The first-order valence-corrected chi connectivity index (χ1v) is 10.5. The average Bonchev–Trinajstić information content (AvgIpc) is 2.58. The van der Waals surface area contributed by atoms with Crippen molar-refractivity contribution in [2.75, 3.05) is 6.61 Å². The summed E-state index contributed by atoms with van der Waals surface area (Å²) >= 11 is 0. The molecule has 5 fully saturated rings. The standard InChI is InChI=1S/C22H34O4/c1-13-15-10-17-21(4)8-5-7-20(3,12-26-14(2)23)16(21)6-9-22(17,19(13)25)18(24)11-15/h13,15-18,24H,5-12H2,1-4H3/t13-,15+,16+,17-,18?,20+,21+,22-/m0/s1. The van der Waals surface area contributed by atoms with Gasteiger partial charge in [0.15, 0.2) is 0 Å². The van der Waals surface area contributed by atoms with E-state index in [-0.39, 0.29) is 28.6 Å². The minimum Gasteiger partial charge on any atom is -0.465 e. The van der Waals surface area contributed by atoms with Crippen molar-refractivity contribution < 1.29 is 19.4 Å². The molecule has 5 aliphatic carbocycles. The third kappa shape index (κ3) is 2.23. The Labute approximate surface area is 157 Å². The van der Waals surface area contributed by atoms with Crippen LogP contribution in [0.2, 0.25) is 0 Å². The second-order valence-corrected chi connectivity index (χ2v) is 10.4. The van der Waals surface area contributed by atoms with Gasteiger partial charge in [-0.25, -0.2) is 0 Å². The Morgan fingerprint density at radius 3 is 2.62 bits per heavy atom. The SMILES string of the molecule is CC(=O)OC[C@@]1(C)CCC[C@]2(C)[C@@H]1CC[C@@]13C(=O)[C@@H](C)[C@@H](CC1O)C[C@@H]23. The predicted octanol–water partition coefficient (Wildman–Crippen LogP) is 3.75. The summed E-state index contributed by atoms with van der Waals surface area (Å²) in [6.45, 7) is 8.70. The van der Waals surface area contributed by atoms with Crippen LogP contribution in [0.1, 0.15) is 72.6 Å². The van der Waals surface area contributed by atoms with Crippen LogP contribution < -0.4 is 0 Å². The summed E-state index contributed by atoms with van der Waals surface area (Å²) in [5.74, 6) is 1.30. The van der Waals surface area contributed by atoms with E-state index >= 15 is 0 Å². The van der Waals surface area contributed by atoms with Crippen molar-refractivity contribution in [3.63, 3.8) is 0 Å². The highest BCUT2D eigenvalue weighted by Crippen LogP contribution is 2.71. The van der Waals surface area contributed by atoms with Crippen molar-refractivity contribution in [2.45, 2.75) is 78.7 Å². The lowest BCUT2D eigenvalue weighted by atomic mass is 9.35. The quantitative estimate of drug-likeness (QED) is 0.760. The Hall–Kier alpha value is -0.900. The van der Waals surface area contributed by atoms with Crippen LogP contribution in [-0.4, -0.2) is 29.6 Å². The molecule has 146 valence electrons. The molecule has 0 aromatic heterocycles. The Morgan fingerprint density at radius 2 is 1.92 bits per heavy atom. The van der Waals surface area contributed by atoms with Gasteiger partial charge in [0.1, 0.15) is 5.78 Å². The highest BCUT2D eigenvalue weighted by atomic mass is 16.5. The van der Waals surface area contributed by atoms with Crippen molar-refractivity contribution >= 4 is 11.8 Å². The zero-order valence-electron chi connectivity index (χ0n) is 16.7. The van der Waals surface area contributed by atoms with E-state index in [2.05, 4.69) is 20.8 Å². The van der Waals surface area contributed by atoms with Crippen molar-refractivity contribution in [1.82, 2.24) is 0 Å². The topological polar surface area (TPSA) is 63.6 Å². The predicted molar refractivity (Wildman–Crippen MR) is 98.2 cm³/mol. The van der Waals surface area contributed by atoms with Crippen LogP contribution in [0.25, 0.3) is 0 Å². The first-order chi connectivity index (χ1) is 12.1. The molecule has 0 saturated heterocycles. The van der Waals surface area contributed by atoms with Gasteiger partial charge in [-0.3, -0.25) is 9.59 Å². The highest BCUT2D eigenvalue weighted by molar-refractivity contribution is 5.90. The van der Waals surface area contributed by atoms with Crippen LogP contribution in [0, 0.1) is 39.9 Å². The number of aliphatic hydroxyl groups excluding tert-OH is 1. The van der Waals surface area contributed by atoms with Crippen LogP contribution in [-0.2, 0) is 14.3 Å². The number of Topliss-reactive ketones (excluding diaryl/α,β-unsaturated/α-hetero) is 1. The molecule has 2 bridgehead atoms. The molecule has 5 rings (SSSR count). The van der Waals surface area contributed by atoms with Gasteiger partial charge < -0.3 is 9.84 Å². The summed E-state index contributed by atoms with van der Waals surface area (Å²) in [5.41, 5.74) is -0.476. The fourth-order valence-electron chi connectivity index (χ4n) is 7.98. The smallest absolute Gasteiger partial charge is 0.302 e. The fraction of sp³-hybridized carbons (Fsp3) is 0.909. The Morgan fingerprint density at radius 1 is 1.19 bits per heavy atom. The van der Waals surface area contributed by atoms with Gasteiger partial charge in [-0.1, -0.05) is 27.2 Å². The van der Waals surface area contributed by atoms with Crippen LogP contribution in [0.15, 0.2) is 0 Å². The first-order valence-electron chi connectivity index (χ1n) is 10.5. The van der Waals surface area contributed by atoms with Crippen LogP contribution in [0.3, 0.4) is 0 Å². The van der Waals surface area contributed by atoms with Gasteiger partial charge in [0.05, 0.1) is 18.1 Å². The molecule has 4 nitrogen and oxygen atoms in total. The number of hydrogen-bond donors (Lipinski definition) is 1. The molecule has 5 saturated carbocycles. The molecule has 26 heavy (non-hydrogen) atoms. The molecule has 0 heterocycles. The molecule has 0 aromatic carbocycles. The summed E-state index contributed by atoms with van der Waals surface area (Å²) in [5, 5.41) is 11.0. The van der Waals surface area contributed by atoms with Gasteiger partial charge in [-0.2, -0.15) is 0 Å². The second-order valence-electron chi connectivity index (χ2n) is 10.4. The van der Waals surface area contributed by atoms with Crippen molar-refractivity contribution in [3.05, 3.63) is 0 Å². The number of fused-ring (bicyclic) bond motifs is 3. The molecule has 4 heteroatoms. The number of carbonyl (C=O) groups is 2.